The highest BCUT2D eigenvalue weighted by Crippen LogP contribution is 2.29. The Hall–Kier alpha value is -2.57. The summed E-state index contributed by atoms with van der Waals surface area (Å²) in [6.45, 7) is 0. The molecule has 2 rings (SSSR count). The van der Waals surface area contributed by atoms with Gasteiger partial charge in [-0.2, -0.15) is 0 Å². The lowest BCUT2D eigenvalue weighted by Crippen LogP contribution is -2.08. The van der Waals surface area contributed by atoms with E-state index in [1.54, 1.807) is 24.3 Å². The number of hydrogen-bond acceptors (Lipinski definition) is 4. The molecular weight excluding hydrogens is 270 g/mol. The topological polar surface area (TPSA) is 72.3 Å². The van der Waals surface area contributed by atoms with Gasteiger partial charge < -0.3 is 9.84 Å². The van der Waals surface area contributed by atoms with Crippen LogP contribution in [0.2, 0.25) is 0 Å². The van der Waals surface area contributed by atoms with Crippen molar-refractivity contribution in [1.29, 1.82) is 0 Å². The zero-order chi connectivity index (χ0) is 14.7. The van der Waals surface area contributed by atoms with Crippen LogP contribution in [0.1, 0.15) is 22.5 Å². The molecule has 5 nitrogen and oxygen atoms in total. The number of hydrogen-bond donors (Lipinski definition) is 1. The normalized spacial score (nSPS) is 10.6. The molecule has 0 unspecified atom stereocenters. The average molecular weight is 280 g/mol. The van der Waals surface area contributed by atoms with E-state index in [1.807, 2.05) is 0 Å². The first-order chi connectivity index (χ1) is 9.54. The Morgan fingerprint density at radius 1 is 1.35 bits per heavy atom. The van der Waals surface area contributed by atoms with Crippen molar-refractivity contribution in [2.24, 2.45) is 0 Å². The SMILES string of the molecule is COc1ccccc1-c1ncc(C(=O)O)c(C(F)F)n1. The number of nitrogens with zero attached hydrogens (tertiary/aromatic N) is 2. The fourth-order valence-electron chi connectivity index (χ4n) is 1.69. The van der Waals surface area contributed by atoms with Gasteiger partial charge in [0.05, 0.1) is 12.7 Å². The summed E-state index contributed by atoms with van der Waals surface area (Å²) in [4.78, 5) is 18.3. The molecule has 1 heterocycles. The van der Waals surface area contributed by atoms with Crippen LogP contribution in [0.4, 0.5) is 8.78 Å². The monoisotopic (exact) mass is 280 g/mol. The number of carboxylic acids is 1. The van der Waals surface area contributed by atoms with E-state index < -0.39 is 23.7 Å². The zero-order valence-electron chi connectivity index (χ0n) is 10.4. The van der Waals surface area contributed by atoms with Gasteiger partial charge >= 0.3 is 5.97 Å². The highest BCUT2D eigenvalue weighted by molar-refractivity contribution is 5.88. The van der Waals surface area contributed by atoms with E-state index in [9.17, 15) is 13.6 Å². The maximum absolute atomic E-state index is 12.9. The van der Waals surface area contributed by atoms with Crippen molar-refractivity contribution >= 4 is 5.97 Å². The number of alkyl halides is 2. The van der Waals surface area contributed by atoms with Gasteiger partial charge in [-0.3, -0.25) is 0 Å². The highest BCUT2D eigenvalue weighted by Gasteiger charge is 2.22. The largest absolute Gasteiger partial charge is 0.496 e. The second-order valence-electron chi connectivity index (χ2n) is 3.80. The molecule has 1 N–H and O–H groups in total. The Balaban J connectivity index is 2.59. The summed E-state index contributed by atoms with van der Waals surface area (Å²) in [6.07, 6.45) is -2.13. The molecule has 0 atom stereocenters. The number of aromatic nitrogens is 2. The van der Waals surface area contributed by atoms with Gasteiger partial charge in [-0.1, -0.05) is 12.1 Å². The molecule has 0 saturated heterocycles. The summed E-state index contributed by atoms with van der Waals surface area (Å²) < 4.78 is 30.9. The van der Waals surface area contributed by atoms with E-state index in [1.165, 1.54) is 7.11 Å². The van der Waals surface area contributed by atoms with Crippen LogP contribution in [0.3, 0.4) is 0 Å². The maximum atomic E-state index is 12.9. The smallest absolute Gasteiger partial charge is 0.339 e. The van der Waals surface area contributed by atoms with E-state index in [-0.39, 0.29) is 5.82 Å². The van der Waals surface area contributed by atoms with Crippen LogP contribution in [0.25, 0.3) is 11.4 Å². The van der Waals surface area contributed by atoms with Gasteiger partial charge in [0, 0.05) is 6.20 Å². The van der Waals surface area contributed by atoms with E-state index in [2.05, 4.69) is 9.97 Å². The van der Waals surface area contributed by atoms with Crippen LogP contribution in [-0.2, 0) is 0 Å². The minimum atomic E-state index is -3.00. The number of methoxy groups -OCH3 is 1. The standard InChI is InChI=1S/C13H10F2N2O3/c1-20-9-5-3-2-4-7(9)12-16-6-8(13(18)19)10(17-12)11(14)15/h2-6,11H,1H3,(H,18,19). The third-order valence-corrected chi connectivity index (χ3v) is 2.60. The molecule has 0 spiro atoms. The molecule has 2 aromatic rings. The van der Waals surface area contributed by atoms with Crippen LogP contribution in [-0.4, -0.2) is 28.2 Å². The van der Waals surface area contributed by atoms with E-state index in [0.29, 0.717) is 11.3 Å². The molecule has 104 valence electrons. The summed E-state index contributed by atoms with van der Waals surface area (Å²) in [5.74, 6) is -1.09. The molecule has 0 aliphatic carbocycles. The molecule has 0 aliphatic rings. The van der Waals surface area contributed by atoms with E-state index in [4.69, 9.17) is 9.84 Å². The van der Waals surface area contributed by atoms with Crippen molar-refractivity contribution in [3.05, 3.63) is 41.7 Å². The number of para-hydroxylation sites is 1. The van der Waals surface area contributed by atoms with Gasteiger partial charge in [-0.05, 0) is 12.1 Å². The van der Waals surface area contributed by atoms with Gasteiger partial charge in [-0.15, -0.1) is 0 Å². The number of ether oxygens (including phenoxy) is 1. The lowest BCUT2D eigenvalue weighted by molar-refractivity contribution is 0.0681. The number of carboxylic acid groups (broad SMARTS) is 1. The molecule has 0 amide bonds. The lowest BCUT2D eigenvalue weighted by Gasteiger charge is -2.09. The number of benzene rings is 1. The van der Waals surface area contributed by atoms with Gasteiger partial charge in [-0.25, -0.2) is 23.5 Å². The van der Waals surface area contributed by atoms with Crippen LogP contribution in [0.15, 0.2) is 30.5 Å². The molecule has 0 fully saturated rings. The van der Waals surface area contributed by atoms with Gasteiger partial charge in [0.1, 0.15) is 17.0 Å². The molecular formula is C13H10F2N2O3. The Morgan fingerprint density at radius 2 is 2.05 bits per heavy atom. The summed E-state index contributed by atoms with van der Waals surface area (Å²) >= 11 is 0. The lowest BCUT2D eigenvalue weighted by atomic mass is 10.1. The number of halogens is 2. The van der Waals surface area contributed by atoms with Crippen molar-refractivity contribution in [3.63, 3.8) is 0 Å². The van der Waals surface area contributed by atoms with E-state index in [0.717, 1.165) is 6.20 Å². The van der Waals surface area contributed by atoms with E-state index >= 15 is 0 Å². The molecule has 0 aliphatic heterocycles. The van der Waals surface area contributed by atoms with Crippen molar-refractivity contribution in [1.82, 2.24) is 9.97 Å². The molecule has 0 radical (unpaired) electrons. The first-order valence-corrected chi connectivity index (χ1v) is 5.56. The minimum absolute atomic E-state index is 0.0113. The van der Waals surface area contributed by atoms with Crippen LogP contribution in [0.5, 0.6) is 5.75 Å². The van der Waals surface area contributed by atoms with Crippen molar-refractivity contribution in [2.75, 3.05) is 7.11 Å². The number of carbonyl (C=O) groups is 1. The predicted molar refractivity (Wildman–Crippen MR) is 65.9 cm³/mol. The summed E-state index contributed by atoms with van der Waals surface area (Å²) in [5.41, 5.74) is -1.01. The number of rotatable bonds is 4. The molecule has 0 saturated carbocycles. The fraction of sp³-hybridized carbons (Fsp3) is 0.154. The second kappa shape index (κ2) is 5.60. The van der Waals surface area contributed by atoms with Gasteiger partial charge in [0.2, 0.25) is 0 Å². The third kappa shape index (κ3) is 2.56. The predicted octanol–water partition coefficient (Wildman–Crippen LogP) is 2.79. The van der Waals surface area contributed by atoms with Crippen LogP contribution < -0.4 is 4.74 Å². The minimum Gasteiger partial charge on any atom is -0.496 e. The Morgan fingerprint density at radius 3 is 2.65 bits per heavy atom. The van der Waals surface area contributed by atoms with Crippen LogP contribution in [0, 0.1) is 0 Å². The average Bonchev–Trinajstić information content (AvgIpc) is 2.46. The first kappa shape index (κ1) is 13.9. The Kier molecular flexibility index (Phi) is 3.88. The summed E-state index contributed by atoms with van der Waals surface area (Å²) in [7, 11) is 1.43. The molecule has 1 aromatic heterocycles. The summed E-state index contributed by atoms with van der Waals surface area (Å²) in [5, 5.41) is 8.84. The first-order valence-electron chi connectivity index (χ1n) is 5.56. The van der Waals surface area contributed by atoms with Gasteiger partial charge in [0.25, 0.3) is 6.43 Å². The zero-order valence-corrected chi connectivity index (χ0v) is 10.4. The van der Waals surface area contributed by atoms with Crippen molar-refractivity contribution < 1.29 is 23.4 Å². The number of aromatic carboxylic acids is 1. The highest BCUT2D eigenvalue weighted by atomic mass is 19.3. The maximum Gasteiger partial charge on any atom is 0.339 e. The molecule has 1 aromatic carbocycles. The van der Waals surface area contributed by atoms with Gasteiger partial charge in [0.15, 0.2) is 5.82 Å². The Bertz CT molecular complexity index is 647. The molecule has 0 bridgehead atoms. The van der Waals surface area contributed by atoms with Crippen LogP contribution >= 0.6 is 0 Å². The Labute approximate surface area is 112 Å². The molecule has 7 heteroatoms. The quantitative estimate of drug-likeness (QED) is 0.932. The molecule has 20 heavy (non-hydrogen) atoms. The third-order valence-electron chi connectivity index (χ3n) is 2.60. The summed E-state index contributed by atoms with van der Waals surface area (Å²) in [6, 6.07) is 6.62. The fourth-order valence-corrected chi connectivity index (χ4v) is 1.69. The second-order valence-corrected chi connectivity index (χ2v) is 3.80. The van der Waals surface area contributed by atoms with Crippen molar-refractivity contribution in [2.45, 2.75) is 6.43 Å². The van der Waals surface area contributed by atoms with Crippen molar-refractivity contribution in [3.8, 4) is 17.1 Å².